The zero-order valence-electron chi connectivity index (χ0n) is 19.5. The topological polar surface area (TPSA) is 0 Å². The van der Waals surface area contributed by atoms with Crippen molar-refractivity contribution in [2.24, 2.45) is 17.8 Å². The molecule has 0 rings (SSSR count). The van der Waals surface area contributed by atoms with E-state index in [1.54, 1.807) is 0 Å². The highest BCUT2D eigenvalue weighted by molar-refractivity contribution is 4.72. The number of rotatable bonds is 20. The molecular weight excluding hydrogens is 312 g/mol. The molecule has 0 aromatic carbocycles. The Bertz CT molecular complexity index is 235. The molecule has 0 saturated heterocycles. The molecule has 0 bridgehead atoms. The third kappa shape index (κ3) is 15.1. The van der Waals surface area contributed by atoms with Crippen LogP contribution in [-0.2, 0) is 0 Å². The van der Waals surface area contributed by atoms with E-state index in [-0.39, 0.29) is 0 Å². The molecule has 26 heavy (non-hydrogen) atoms. The summed E-state index contributed by atoms with van der Waals surface area (Å²) in [5.41, 5.74) is 0. The minimum Gasteiger partial charge on any atom is -0.0654 e. The summed E-state index contributed by atoms with van der Waals surface area (Å²) in [5, 5.41) is 0. The first-order valence-corrected chi connectivity index (χ1v) is 12.7. The second-order valence-corrected chi connectivity index (χ2v) is 9.13. The van der Waals surface area contributed by atoms with Gasteiger partial charge in [0.05, 0.1) is 0 Å². The molecule has 0 aliphatic rings. The molecule has 2 unspecified atom stereocenters. The molecule has 0 radical (unpaired) electrons. The summed E-state index contributed by atoms with van der Waals surface area (Å²) in [6.45, 7) is 11.8. The van der Waals surface area contributed by atoms with Crippen molar-refractivity contribution in [1.82, 2.24) is 0 Å². The molecule has 2 atom stereocenters. The van der Waals surface area contributed by atoms with Crippen LogP contribution in [-0.4, -0.2) is 0 Å². The van der Waals surface area contributed by atoms with Gasteiger partial charge in [0.2, 0.25) is 0 Å². The summed E-state index contributed by atoms with van der Waals surface area (Å²) in [5.74, 6) is 3.03. The molecule has 0 heterocycles. The average Bonchev–Trinajstić information content (AvgIpc) is 2.62. The fraction of sp³-hybridized carbons (Fsp3) is 1.00. The van der Waals surface area contributed by atoms with E-state index >= 15 is 0 Å². The molecular formula is C26H54. The van der Waals surface area contributed by atoms with Gasteiger partial charge in [-0.15, -0.1) is 0 Å². The van der Waals surface area contributed by atoms with E-state index in [1.165, 1.54) is 116 Å². The predicted molar refractivity (Wildman–Crippen MR) is 122 cm³/mol. The first-order chi connectivity index (χ1) is 12.7. The summed E-state index contributed by atoms with van der Waals surface area (Å²) < 4.78 is 0. The van der Waals surface area contributed by atoms with E-state index in [2.05, 4.69) is 34.6 Å². The normalized spacial score (nSPS) is 15.1. The lowest BCUT2D eigenvalue weighted by Crippen LogP contribution is -2.15. The fourth-order valence-corrected chi connectivity index (χ4v) is 4.90. The lowest BCUT2D eigenvalue weighted by atomic mass is 9.78. The third-order valence-electron chi connectivity index (χ3n) is 6.37. The van der Waals surface area contributed by atoms with Gasteiger partial charge in [-0.25, -0.2) is 0 Å². The molecule has 0 aliphatic carbocycles. The van der Waals surface area contributed by atoms with Gasteiger partial charge < -0.3 is 0 Å². The van der Waals surface area contributed by atoms with E-state index in [4.69, 9.17) is 0 Å². The Morgan fingerprint density at radius 2 is 0.692 bits per heavy atom. The van der Waals surface area contributed by atoms with E-state index in [1.807, 2.05) is 0 Å². The van der Waals surface area contributed by atoms with E-state index < -0.39 is 0 Å². The van der Waals surface area contributed by atoms with E-state index in [0.29, 0.717) is 0 Å². The van der Waals surface area contributed by atoms with Crippen molar-refractivity contribution < 1.29 is 0 Å². The monoisotopic (exact) mass is 366 g/mol. The second-order valence-electron chi connectivity index (χ2n) is 9.13. The summed E-state index contributed by atoms with van der Waals surface area (Å²) in [7, 11) is 0. The van der Waals surface area contributed by atoms with Crippen LogP contribution in [0.5, 0.6) is 0 Å². The zero-order chi connectivity index (χ0) is 19.5. The van der Waals surface area contributed by atoms with Crippen LogP contribution in [0.15, 0.2) is 0 Å². The molecule has 0 fully saturated rings. The summed E-state index contributed by atoms with van der Waals surface area (Å²) >= 11 is 0. The molecule has 0 N–H and O–H groups in total. The quantitative estimate of drug-likeness (QED) is 0.188. The first-order valence-electron chi connectivity index (χ1n) is 12.7. The third-order valence-corrected chi connectivity index (χ3v) is 6.37. The molecule has 158 valence electrons. The smallest absolute Gasteiger partial charge is 0.0409 e. The fourth-order valence-electron chi connectivity index (χ4n) is 4.90. The Hall–Kier alpha value is 0. The van der Waals surface area contributed by atoms with Gasteiger partial charge >= 0.3 is 0 Å². The van der Waals surface area contributed by atoms with Gasteiger partial charge in [-0.1, -0.05) is 137 Å². The molecule has 0 spiro atoms. The Kier molecular flexibility index (Phi) is 19.8. The van der Waals surface area contributed by atoms with E-state index in [0.717, 1.165) is 17.8 Å². The van der Waals surface area contributed by atoms with Gasteiger partial charge in [-0.2, -0.15) is 0 Å². The van der Waals surface area contributed by atoms with Crippen LogP contribution in [0.3, 0.4) is 0 Å². The van der Waals surface area contributed by atoms with Crippen LogP contribution < -0.4 is 0 Å². The first kappa shape index (κ1) is 26.0. The van der Waals surface area contributed by atoms with Gasteiger partial charge in [0.1, 0.15) is 0 Å². The van der Waals surface area contributed by atoms with E-state index in [9.17, 15) is 0 Å². The largest absolute Gasteiger partial charge is 0.0654 e. The van der Waals surface area contributed by atoms with Crippen molar-refractivity contribution in [1.29, 1.82) is 0 Å². The van der Waals surface area contributed by atoms with Gasteiger partial charge in [-0.05, 0) is 30.6 Å². The minimum absolute atomic E-state index is 1.01. The predicted octanol–water partition coefficient (Wildman–Crippen LogP) is 9.96. The van der Waals surface area contributed by atoms with Crippen LogP contribution in [0.25, 0.3) is 0 Å². The van der Waals surface area contributed by atoms with Crippen LogP contribution in [0.1, 0.15) is 150 Å². The highest BCUT2D eigenvalue weighted by Gasteiger charge is 2.20. The van der Waals surface area contributed by atoms with Crippen LogP contribution in [0.2, 0.25) is 0 Å². The molecule has 0 aromatic heterocycles. The highest BCUT2D eigenvalue weighted by atomic mass is 14.3. The minimum atomic E-state index is 1.01. The van der Waals surface area contributed by atoms with Crippen molar-refractivity contribution in [3.8, 4) is 0 Å². The van der Waals surface area contributed by atoms with Crippen LogP contribution in [0.4, 0.5) is 0 Å². The Morgan fingerprint density at radius 3 is 1.00 bits per heavy atom. The second kappa shape index (κ2) is 19.8. The van der Waals surface area contributed by atoms with Crippen molar-refractivity contribution in [2.45, 2.75) is 150 Å². The van der Waals surface area contributed by atoms with Gasteiger partial charge in [-0.3, -0.25) is 0 Å². The molecule has 0 aromatic rings. The molecule has 0 amide bonds. The standard InChI is InChI=1S/C26H54/c1-6-11-14-19-24(17-9-4)22-26(21-16-13-8-3)23-25(18-10-5)20-15-12-7-2/h24-26H,6-23H2,1-5H3. The van der Waals surface area contributed by atoms with Crippen LogP contribution in [0, 0.1) is 17.8 Å². The number of unbranched alkanes of at least 4 members (excludes halogenated alkanes) is 6. The Balaban J connectivity index is 4.67. The summed E-state index contributed by atoms with van der Waals surface area (Å²) in [6, 6.07) is 0. The maximum absolute atomic E-state index is 2.39. The van der Waals surface area contributed by atoms with Crippen LogP contribution >= 0.6 is 0 Å². The Labute approximate surface area is 168 Å². The van der Waals surface area contributed by atoms with Gasteiger partial charge in [0, 0.05) is 0 Å². The average molecular weight is 367 g/mol. The maximum atomic E-state index is 2.39. The summed E-state index contributed by atoms with van der Waals surface area (Å²) in [6.07, 6.45) is 26.1. The molecule has 0 nitrogen and oxygen atoms in total. The zero-order valence-corrected chi connectivity index (χ0v) is 19.5. The lowest BCUT2D eigenvalue weighted by Gasteiger charge is -2.27. The maximum Gasteiger partial charge on any atom is -0.0409 e. The van der Waals surface area contributed by atoms with Crippen molar-refractivity contribution in [3.05, 3.63) is 0 Å². The summed E-state index contributed by atoms with van der Waals surface area (Å²) in [4.78, 5) is 0. The number of hydrogen-bond acceptors (Lipinski definition) is 0. The lowest BCUT2D eigenvalue weighted by molar-refractivity contribution is 0.245. The molecule has 0 aliphatic heterocycles. The van der Waals surface area contributed by atoms with Gasteiger partial charge in [0.15, 0.2) is 0 Å². The number of hydrogen-bond donors (Lipinski definition) is 0. The van der Waals surface area contributed by atoms with Crippen molar-refractivity contribution in [2.75, 3.05) is 0 Å². The van der Waals surface area contributed by atoms with Gasteiger partial charge in [0.25, 0.3) is 0 Å². The molecule has 0 heteroatoms. The van der Waals surface area contributed by atoms with Crippen molar-refractivity contribution >= 4 is 0 Å². The Morgan fingerprint density at radius 1 is 0.346 bits per heavy atom. The SMILES string of the molecule is CCCCCC(CCC)CC(CCCCC)CC(CCC)CCCCC. The van der Waals surface area contributed by atoms with Crippen molar-refractivity contribution in [3.63, 3.8) is 0 Å². The molecule has 0 saturated carbocycles. The highest BCUT2D eigenvalue weighted by Crippen LogP contribution is 2.33.